The van der Waals surface area contributed by atoms with E-state index in [9.17, 15) is 16.8 Å². The van der Waals surface area contributed by atoms with Gasteiger partial charge in [0.05, 0.1) is 12.3 Å². The number of hydrogen-bond acceptors (Lipinski definition) is 6. The van der Waals surface area contributed by atoms with Crippen LogP contribution in [0.3, 0.4) is 0 Å². The van der Waals surface area contributed by atoms with Crippen LogP contribution < -0.4 is 15.2 Å². The first kappa shape index (κ1) is 15.1. The number of primary sulfonamides is 1. The van der Waals surface area contributed by atoms with Crippen molar-refractivity contribution in [3.8, 4) is 0 Å². The highest BCUT2D eigenvalue weighted by atomic mass is 32.2. The molecule has 0 saturated heterocycles. The molecule has 0 aliphatic heterocycles. The molecule has 0 atom stereocenters. The quantitative estimate of drug-likeness (QED) is 0.528. The molecular formula is C8H15N3O5S2. The molecule has 18 heavy (non-hydrogen) atoms. The Hall–Kier alpha value is -0.940. The van der Waals surface area contributed by atoms with Crippen molar-refractivity contribution in [2.24, 2.45) is 5.14 Å². The Balaban J connectivity index is 2.51. The molecule has 104 valence electrons. The van der Waals surface area contributed by atoms with E-state index >= 15 is 0 Å². The van der Waals surface area contributed by atoms with Crippen LogP contribution in [0.2, 0.25) is 0 Å². The van der Waals surface area contributed by atoms with Crippen LogP contribution in [0.4, 0.5) is 0 Å². The third-order valence-electron chi connectivity index (χ3n) is 2.03. The lowest BCUT2D eigenvalue weighted by Gasteiger charge is -2.01. The van der Waals surface area contributed by atoms with Crippen LogP contribution in [0, 0.1) is 0 Å². The van der Waals surface area contributed by atoms with E-state index in [1.165, 1.54) is 19.2 Å². The van der Waals surface area contributed by atoms with Crippen LogP contribution >= 0.6 is 0 Å². The normalized spacial score (nSPS) is 12.8. The highest BCUT2D eigenvalue weighted by Crippen LogP contribution is 2.12. The SMILES string of the molecule is CNS(=O)(=O)c1ccc(CNCCS(N)(=O)=O)o1. The molecule has 8 nitrogen and oxygen atoms in total. The zero-order chi connectivity index (χ0) is 13.8. The van der Waals surface area contributed by atoms with Gasteiger partial charge in [0.15, 0.2) is 0 Å². The number of sulfonamides is 2. The Morgan fingerprint density at radius 2 is 1.94 bits per heavy atom. The number of nitrogens with two attached hydrogens (primary N) is 1. The topological polar surface area (TPSA) is 132 Å². The second kappa shape index (κ2) is 5.80. The molecule has 4 N–H and O–H groups in total. The molecule has 1 aromatic heterocycles. The fourth-order valence-corrected chi connectivity index (χ4v) is 2.22. The van der Waals surface area contributed by atoms with Crippen LogP contribution in [0.25, 0.3) is 0 Å². The van der Waals surface area contributed by atoms with Gasteiger partial charge in [0.2, 0.25) is 15.1 Å². The van der Waals surface area contributed by atoms with Crippen LogP contribution in [0.5, 0.6) is 0 Å². The Bertz CT molecular complexity index is 590. The van der Waals surface area contributed by atoms with Crippen LogP contribution in [-0.2, 0) is 26.6 Å². The predicted molar refractivity (Wildman–Crippen MR) is 64.6 cm³/mol. The van der Waals surface area contributed by atoms with Gasteiger partial charge in [-0.25, -0.2) is 26.7 Å². The number of nitrogens with one attached hydrogen (secondary N) is 2. The second-order valence-corrected chi connectivity index (χ2v) is 7.02. The molecule has 0 unspecified atom stereocenters. The molecule has 1 heterocycles. The summed E-state index contributed by atoms with van der Waals surface area (Å²) in [6, 6.07) is 2.82. The summed E-state index contributed by atoms with van der Waals surface area (Å²) >= 11 is 0. The predicted octanol–water partition coefficient (Wildman–Crippen LogP) is -1.43. The van der Waals surface area contributed by atoms with E-state index in [0.29, 0.717) is 5.76 Å². The Kier molecular flexibility index (Phi) is 4.87. The first-order valence-corrected chi connectivity index (χ1v) is 8.18. The van der Waals surface area contributed by atoms with Gasteiger partial charge in [-0.15, -0.1) is 0 Å². The van der Waals surface area contributed by atoms with Gasteiger partial charge in [-0.3, -0.25) is 0 Å². The molecule has 1 rings (SSSR count). The molecule has 0 aliphatic carbocycles. The van der Waals surface area contributed by atoms with Gasteiger partial charge < -0.3 is 9.73 Å². The molecule has 0 radical (unpaired) electrons. The zero-order valence-electron chi connectivity index (χ0n) is 9.71. The summed E-state index contributed by atoms with van der Waals surface area (Å²) in [6.45, 7) is 0.377. The van der Waals surface area contributed by atoms with Crippen LogP contribution in [0.1, 0.15) is 5.76 Å². The minimum atomic E-state index is -3.59. The van der Waals surface area contributed by atoms with E-state index in [1.807, 2.05) is 0 Å². The van der Waals surface area contributed by atoms with Crippen molar-refractivity contribution in [1.29, 1.82) is 0 Å². The van der Waals surface area contributed by atoms with Crippen molar-refractivity contribution in [2.75, 3.05) is 19.3 Å². The molecular weight excluding hydrogens is 282 g/mol. The lowest BCUT2D eigenvalue weighted by molar-refractivity contribution is 0.402. The Labute approximate surface area is 106 Å². The maximum Gasteiger partial charge on any atom is 0.273 e. The van der Waals surface area contributed by atoms with Crippen molar-refractivity contribution < 1.29 is 21.3 Å². The Morgan fingerprint density at radius 1 is 1.28 bits per heavy atom. The van der Waals surface area contributed by atoms with Gasteiger partial charge in [0.25, 0.3) is 10.0 Å². The van der Waals surface area contributed by atoms with Crippen LogP contribution in [-0.4, -0.2) is 36.2 Å². The average molecular weight is 297 g/mol. The molecule has 0 bridgehead atoms. The van der Waals surface area contributed by atoms with Gasteiger partial charge in [-0.05, 0) is 19.2 Å². The van der Waals surface area contributed by atoms with Crippen LogP contribution in [0.15, 0.2) is 21.6 Å². The summed E-state index contributed by atoms with van der Waals surface area (Å²) < 4.78 is 51.2. The molecule has 0 fully saturated rings. The number of rotatable bonds is 7. The van der Waals surface area contributed by atoms with Crippen molar-refractivity contribution in [2.45, 2.75) is 11.6 Å². The van der Waals surface area contributed by atoms with Gasteiger partial charge in [0.1, 0.15) is 5.76 Å². The van der Waals surface area contributed by atoms with Crippen molar-refractivity contribution in [3.63, 3.8) is 0 Å². The smallest absolute Gasteiger partial charge is 0.273 e. The minimum absolute atomic E-state index is 0.160. The van der Waals surface area contributed by atoms with Gasteiger partial charge in [-0.2, -0.15) is 0 Å². The highest BCUT2D eigenvalue weighted by Gasteiger charge is 2.16. The third kappa shape index (κ3) is 4.74. The third-order valence-corrected chi connectivity index (χ3v) is 4.09. The van der Waals surface area contributed by atoms with E-state index in [1.54, 1.807) is 0 Å². The van der Waals surface area contributed by atoms with Gasteiger partial charge in [0, 0.05) is 6.54 Å². The molecule has 10 heteroatoms. The summed E-state index contributed by atoms with van der Waals surface area (Å²) in [5.74, 6) is 0.188. The minimum Gasteiger partial charge on any atom is -0.447 e. The summed E-state index contributed by atoms with van der Waals surface area (Å²) in [5.41, 5.74) is 0. The van der Waals surface area contributed by atoms with Crippen molar-refractivity contribution >= 4 is 20.0 Å². The summed E-state index contributed by atoms with van der Waals surface area (Å²) in [5, 5.41) is 7.40. The molecule has 0 aromatic carbocycles. The molecule has 0 amide bonds. The first-order valence-electron chi connectivity index (χ1n) is 4.98. The summed E-state index contributed by atoms with van der Waals surface area (Å²) in [7, 11) is -5.81. The maximum atomic E-state index is 11.4. The largest absolute Gasteiger partial charge is 0.447 e. The monoisotopic (exact) mass is 297 g/mol. The van der Waals surface area contributed by atoms with Crippen molar-refractivity contribution in [1.82, 2.24) is 10.0 Å². The average Bonchev–Trinajstić information content (AvgIpc) is 2.72. The fraction of sp³-hybridized carbons (Fsp3) is 0.500. The van der Waals surface area contributed by atoms with Gasteiger partial charge >= 0.3 is 0 Å². The second-order valence-electron chi connectivity index (χ2n) is 3.47. The van der Waals surface area contributed by atoms with E-state index in [-0.39, 0.29) is 23.9 Å². The highest BCUT2D eigenvalue weighted by molar-refractivity contribution is 7.89. The zero-order valence-corrected chi connectivity index (χ0v) is 11.3. The summed E-state index contributed by atoms with van der Waals surface area (Å²) in [4.78, 5) is 0. The lowest BCUT2D eigenvalue weighted by atomic mass is 10.4. The number of hydrogen-bond donors (Lipinski definition) is 3. The first-order chi connectivity index (χ1) is 8.24. The number of furan rings is 1. The van der Waals surface area contributed by atoms with E-state index in [0.717, 1.165) is 0 Å². The molecule has 0 spiro atoms. The van der Waals surface area contributed by atoms with E-state index in [4.69, 9.17) is 9.56 Å². The maximum absolute atomic E-state index is 11.4. The summed E-state index contributed by atoms with van der Waals surface area (Å²) in [6.07, 6.45) is 0. The van der Waals surface area contributed by atoms with E-state index < -0.39 is 20.0 Å². The molecule has 0 aliphatic rings. The van der Waals surface area contributed by atoms with E-state index in [2.05, 4.69) is 10.0 Å². The standard InChI is InChI=1S/C8H15N3O5S2/c1-10-18(14,15)8-3-2-7(16-8)6-11-4-5-17(9,12)13/h2-3,10-11H,4-6H2,1H3,(H2,9,12,13). The van der Waals surface area contributed by atoms with Crippen molar-refractivity contribution in [3.05, 3.63) is 17.9 Å². The Morgan fingerprint density at radius 3 is 2.50 bits per heavy atom. The molecule has 1 aromatic rings. The fourth-order valence-electron chi connectivity index (χ4n) is 1.12. The van der Waals surface area contributed by atoms with Gasteiger partial charge in [-0.1, -0.05) is 0 Å². The lowest BCUT2D eigenvalue weighted by Crippen LogP contribution is -2.26. The molecule has 0 saturated carbocycles.